The van der Waals surface area contributed by atoms with E-state index in [4.69, 9.17) is 25.8 Å². The molecule has 0 radical (unpaired) electrons. The molecule has 26 heavy (non-hydrogen) atoms. The highest BCUT2D eigenvalue weighted by Gasteiger charge is 2.22. The molecule has 0 amide bonds. The van der Waals surface area contributed by atoms with Gasteiger partial charge >= 0.3 is 0 Å². The van der Waals surface area contributed by atoms with E-state index < -0.39 is 6.67 Å². The van der Waals surface area contributed by atoms with Crippen LogP contribution < -0.4 is 14.9 Å². The van der Waals surface area contributed by atoms with Crippen molar-refractivity contribution < 1.29 is 18.6 Å². The van der Waals surface area contributed by atoms with E-state index in [1.807, 2.05) is 17.1 Å². The molecular weight excluding hydrogens is 359 g/mol. The van der Waals surface area contributed by atoms with Gasteiger partial charge in [0.2, 0.25) is 0 Å². The minimum Gasteiger partial charge on any atom is -0.493 e. The summed E-state index contributed by atoms with van der Waals surface area (Å²) in [5.41, 5.74) is 3.95. The van der Waals surface area contributed by atoms with E-state index in [2.05, 4.69) is 26.2 Å². The van der Waals surface area contributed by atoms with Crippen LogP contribution in [0.25, 0.3) is 0 Å². The minimum absolute atomic E-state index is 0.104. The van der Waals surface area contributed by atoms with Gasteiger partial charge < -0.3 is 19.6 Å². The number of benzene rings is 1. The third kappa shape index (κ3) is 5.46. The molecule has 1 aliphatic rings. The van der Waals surface area contributed by atoms with E-state index >= 15 is 0 Å². The van der Waals surface area contributed by atoms with Crippen molar-refractivity contribution in [3.8, 4) is 11.5 Å². The Labute approximate surface area is 159 Å². The number of hydrogen-bond donors (Lipinski definition) is 1. The summed E-state index contributed by atoms with van der Waals surface area (Å²) >= 11 is 6.32. The highest BCUT2D eigenvalue weighted by Crippen LogP contribution is 2.30. The van der Waals surface area contributed by atoms with Crippen LogP contribution in [0, 0.1) is 0 Å². The van der Waals surface area contributed by atoms with Crippen LogP contribution in [0.2, 0.25) is 0 Å². The van der Waals surface area contributed by atoms with Gasteiger partial charge in [-0.05, 0) is 38.5 Å². The predicted octanol–water partition coefficient (Wildman–Crippen LogP) is 4.49. The number of rotatable bonds is 8. The molecule has 1 aromatic rings. The van der Waals surface area contributed by atoms with Crippen LogP contribution in [0.5, 0.6) is 11.5 Å². The molecule has 2 rings (SSSR count). The van der Waals surface area contributed by atoms with Crippen molar-refractivity contribution in [2.45, 2.75) is 39.3 Å². The van der Waals surface area contributed by atoms with Gasteiger partial charge in [-0.2, -0.15) is 0 Å². The number of alkyl halides is 1. The highest BCUT2D eigenvalue weighted by molar-refractivity contribution is 6.31. The van der Waals surface area contributed by atoms with Gasteiger partial charge in [-0.25, -0.2) is 0 Å². The second-order valence-corrected chi connectivity index (χ2v) is 7.23. The average Bonchev–Trinajstić information content (AvgIpc) is 2.60. The minimum atomic E-state index is -0.404. The van der Waals surface area contributed by atoms with Gasteiger partial charge in [0, 0.05) is 12.6 Å². The van der Waals surface area contributed by atoms with Crippen LogP contribution in [-0.4, -0.2) is 30.9 Å². The van der Waals surface area contributed by atoms with Crippen LogP contribution in [0.4, 0.5) is 4.39 Å². The zero-order valence-electron chi connectivity index (χ0n) is 15.6. The van der Waals surface area contributed by atoms with Gasteiger partial charge in [-0.1, -0.05) is 17.7 Å². The van der Waals surface area contributed by atoms with Crippen LogP contribution in [0.3, 0.4) is 0 Å². The molecule has 1 aromatic carbocycles. The Bertz CT molecular complexity index is 671. The molecule has 0 saturated heterocycles. The Balaban J connectivity index is 1.97. The van der Waals surface area contributed by atoms with E-state index in [9.17, 15) is 4.39 Å². The molecular formula is C19H26ClFN2O3. The Kier molecular flexibility index (Phi) is 7.03. The summed E-state index contributed by atoms with van der Waals surface area (Å²) in [6.45, 7) is 6.45. The third-order valence-electron chi connectivity index (χ3n) is 3.69. The fourth-order valence-electron chi connectivity index (χ4n) is 2.23. The van der Waals surface area contributed by atoms with Gasteiger partial charge in [-0.3, -0.25) is 9.40 Å². The summed E-state index contributed by atoms with van der Waals surface area (Å²) in [6, 6.07) is 5.51. The fraction of sp³-hybridized carbons (Fsp3) is 0.474. The Morgan fingerprint density at radius 2 is 1.96 bits per heavy atom. The number of hydrazine groups is 1. The molecule has 1 aliphatic heterocycles. The SMILES string of the molecule is COc1cc(COC2=CNN(C(C)(C)C)C=C2Cl)ccc1OCCCF. The first-order chi connectivity index (χ1) is 12.3. The fourth-order valence-corrected chi connectivity index (χ4v) is 2.43. The van der Waals surface area contributed by atoms with Gasteiger partial charge in [-0.15, -0.1) is 0 Å². The van der Waals surface area contributed by atoms with Crippen molar-refractivity contribution in [2.75, 3.05) is 20.4 Å². The Morgan fingerprint density at radius 1 is 1.19 bits per heavy atom. The van der Waals surface area contributed by atoms with Gasteiger partial charge in [0.1, 0.15) is 11.6 Å². The first-order valence-electron chi connectivity index (χ1n) is 8.47. The number of halogens is 2. The molecule has 0 unspecified atom stereocenters. The number of hydrogen-bond acceptors (Lipinski definition) is 5. The smallest absolute Gasteiger partial charge is 0.161 e. The summed E-state index contributed by atoms with van der Waals surface area (Å²) in [7, 11) is 1.57. The lowest BCUT2D eigenvalue weighted by atomic mass is 10.1. The van der Waals surface area contributed by atoms with Crippen LogP contribution in [-0.2, 0) is 11.3 Å². The number of nitrogens with zero attached hydrogens (tertiary/aromatic N) is 1. The molecule has 0 aromatic heterocycles. The van der Waals surface area contributed by atoms with Crippen molar-refractivity contribution in [3.05, 3.63) is 47.0 Å². The summed E-state index contributed by atoms with van der Waals surface area (Å²) in [5.74, 6) is 1.73. The maximum absolute atomic E-state index is 12.2. The van der Waals surface area contributed by atoms with Crippen molar-refractivity contribution >= 4 is 11.6 Å². The van der Waals surface area contributed by atoms with Gasteiger partial charge in [0.25, 0.3) is 0 Å². The predicted molar refractivity (Wildman–Crippen MR) is 101 cm³/mol. The monoisotopic (exact) mass is 384 g/mol. The average molecular weight is 385 g/mol. The first-order valence-corrected chi connectivity index (χ1v) is 8.85. The Hall–Kier alpha value is -2.08. The molecule has 144 valence electrons. The maximum atomic E-state index is 12.2. The number of methoxy groups -OCH3 is 1. The normalized spacial score (nSPS) is 14.3. The lowest BCUT2D eigenvalue weighted by molar-refractivity contribution is 0.141. The molecule has 1 heterocycles. The summed E-state index contributed by atoms with van der Waals surface area (Å²) in [6.07, 6.45) is 3.89. The summed E-state index contributed by atoms with van der Waals surface area (Å²) in [5, 5.41) is 2.44. The lowest BCUT2D eigenvalue weighted by Gasteiger charge is -2.36. The zero-order valence-corrected chi connectivity index (χ0v) is 16.4. The quantitative estimate of drug-likeness (QED) is 0.669. The molecule has 1 N–H and O–H groups in total. The molecule has 7 heteroatoms. The molecule has 0 saturated carbocycles. The second-order valence-electron chi connectivity index (χ2n) is 6.82. The molecule has 0 fully saturated rings. The summed E-state index contributed by atoms with van der Waals surface area (Å²) in [4.78, 5) is 0. The van der Waals surface area contributed by atoms with Crippen molar-refractivity contribution in [1.82, 2.24) is 10.4 Å². The van der Waals surface area contributed by atoms with Crippen LogP contribution >= 0.6 is 11.6 Å². The van der Waals surface area contributed by atoms with Crippen molar-refractivity contribution in [3.63, 3.8) is 0 Å². The topological polar surface area (TPSA) is 43.0 Å². The van der Waals surface area contributed by atoms with E-state index in [1.165, 1.54) is 0 Å². The number of allylic oxidation sites excluding steroid dienone is 1. The van der Waals surface area contributed by atoms with E-state index in [1.54, 1.807) is 25.6 Å². The largest absolute Gasteiger partial charge is 0.493 e. The molecule has 0 bridgehead atoms. The third-order valence-corrected chi connectivity index (χ3v) is 3.98. The van der Waals surface area contributed by atoms with Gasteiger partial charge in [0.05, 0.1) is 32.1 Å². The van der Waals surface area contributed by atoms with Gasteiger partial charge in [0.15, 0.2) is 17.3 Å². The molecule has 0 aliphatic carbocycles. The standard InChI is InChI=1S/C19H26ClFN2O3/c1-19(2,3)23-12-15(20)18(11-22-23)26-13-14-6-7-16(17(10-14)24-4)25-9-5-8-21/h6-7,10-12,22H,5,8-9,13H2,1-4H3. The number of nitrogens with one attached hydrogen (secondary N) is 1. The lowest BCUT2D eigenvalue weighted by Crippen LogP contribution is -2.46. The molecule has 5 nitrogen and oxygen atoms in total. The molecule has 0 atom stereocenters. The van der Waals surface area contributed by atoms with Crippen LogP contribution in [0.1, 0.15) is 32.8 Å². The zero-order chi connectivity index (χ0) is 19.2. The van der Waals surface area contributed by atoms with Crippen molar-refractivity contribution in [2.24, 2.45) is 0 Å². The maximum Gasteiger partial charge on any atom is 0.161 e. The van der Waals surface area contributed by atoms with E-state index in [-0.39, 0.29) is 5.54 Å². The Morgan fingerprint density at radius 3 is 2.58 bits per heavy atom. The summed E-state index contributed by atoms with van der Waals surface area (Å²) < 4.78 is 28.8. The number of ether oxygens (including phenoxy) is 3. The van der Waals surface area contributed by atoms with Crippen LogP contribution in [0.15, 0.2) is 41.4 Å². The second kappa shape index (κ2) is 9.03. The van der Waals surface area contributed by atoms with E-state index in [0.29, 0.717) is 41.9 Å². The first kappa shape index (κ1) is 20.2. The van der Waals surface area contributed by atoms with Crippen molar-refractivity contribution in [1.29, 1.82) is 0 Å². The highest BCUT2D eigenvalue weighted by atomic mass is 35.5. The van der Waals surface area contributed by atoms with E-state index in [0.717, 1.165) is 5.56 Å². The molecule has 0 spiro atoms.